The Balaban J connectivity index is 2.28. The molecule has 7 heteroatoms. The number of aliphatic hydroxyl groups is 1. The second kappa shape index (κ2) is 5.33. The monoisotopic (exact) mass is 294 g/mol. The van der Waals surface area contributed by atoms with Gasteiger partial charge in [-0.05, 0) is 38.8 Å². The highest BCUT2D eigenvalue weighted by Crippen LogP contribution is 2.31. The number of phenolic OH excluding ortho intramolecular Hbond substituents is 1. The topological polar surface area (TPSA) is 104 Å². The second-order valence-corrected chi connectivity index (χ2v) is 5.77. The van der Waals surface area contributed by atoms with Gasteiger partial charge in [0.25, 0.3) is 5.91 Å². The fourth-order valence-electron chi connectivity index (χ4n) is 2.72. The van der Waals surface area contributed by atoms with Crippen LogP contribution in [0.1, 0.15) is 37.0 Å². The Bertz CT molecular complexity index is 579. The highest BCUT2D eigenvalue weighted by molar-refractivity contribution is 5.95. The van der Waals surface area contributed by atoms with Gasteiger partial charge in [-0.2, -0.15) is 0 Å². The van der Waals surface area contributed by atoms with Crippen LogP contribution in [0.25, 0.3) is 0 Å². The Hall–Kier alpha value is -2.15. The molecule has 0 unspecified atom stereocenters. The molecule has 1 aromatic rings. The number of benzene rings is 1. The van der Waals surface area contributed by atoms with Crippen molar-refractivity contribution in [3.63, 3.8) is 0 Å². The molecule has 7 nitrogen and oxygen atoms in total. The molecule has 0 bridgehead atoms. The van der Waals surface area contributed by atoms with Gasteiger partial charge in [-0.1, -0.05) is 0 Å². The lowest BCUT2D eigenvalue weighted by Crippen LogP contribution is -2.48. The Morgan fingerprint density at radius 3 is 2.67 bits per heavy atom. The van der Waals surface area contributed by atoms with Crippen molar-refractivity contribution in [2.75, 3.05) is 6.54 Å². The molecule has 21 heavy (non-hydrogen) atoms. The van der Waals surface area contributed by atoms with Gasteiger partial charge in [0, 0.05) is 18.2 Å². The maximum absolute atomic E-state index is 12.5. The van der Waals surface area contributed by atoms with E-state index in [2.05, 4.69) is 0 Å². The van der Waals surface area contributed by atoms with E-state index in [1.165, 1.54) is 6.07 Å². The van der Waals surface area contributed by atoms with E-state index in [1.54, 1.807) is 18.7 Å². The number of nitro groups is 1. The average Bonchev–Trinajstić information content (AvgIpc) is 2.86. The zero-order valence-electron chi connectivity index (χ0n) is 11.9. The maximum atomic E-state index is 12.5. The number of hydrogen-bond acceptors (Lipinski definition) is 5. The summed E-state index contributed by atoms with van der Waals surface area (Å²) >= 11 is 0. The van der Waals surface area contributed by atoms with E-state index >= 15 is 0 Å². The van der Waals surface area contributed by atoms with Gasteiger partial charge in [0.2, 0.25) is 0 Å². The van der Waals surface area contributed by atoms with Crippen molar-refractivity contribution in [2.24, 2.45) is 0 Å². The summed E-state index contributed by atoms with van der Waals surface area (Å²) in [5.41, 5.74) is -1.28. The highest BCUT2D eigenvalue weighted by Gasteiger charge is 2.38. The number of nitro benzene ring substituents is 1. The summed E-state index contributed by atoms with van der Waals surface area (Å²) < 4.78 is 0. The smallest absolute Gasteiger partial charge is 0.310 e. The first kappa shape index (κ1) is 15.2. The number of hydrogen-bond donors (Lipinski definition) is 2. The third-order valence-electron chi connectivity index (χ3n) is 3.75. The molecule has 0 saturated carbocycles. The molecule has 2 rings (SSSR count). The predicted octanol–water partition coefficient (Wildman–Crippen LogP) is 1.68. The molecule has 1 fully saturated rings. The van der Waals surface area contributed by atoms with Gasteiger partial charge in [0.05, 0.1) is 16.6 Å². The molecular formula is C14H18N2O5. The van der Waals surface area contributed by atoms with E-state index in [4.69, 9.17) is 0 Å². The zero-order valence-corrected chi connectivity index (χ0v) is 11.9. The summed E-state index contributed by atoms with van der Waals surface area (Å²) in [6.45, 7) is 3.82. The first-order chi connectivity index (χ1) is 9.71. The first-order valence-electron chi connectivity index (χ1n) is 6.72. The minimum Gasteiger partial charge on any atom is -0.502 e. The minimum atomic E-state index is -1.02. The molecule has 1 aliphatic heterocycles. The molecule has 114 valence electrons. The highest BCUT2D eigenvalue weighted by atomic mass is 16.6. The summed E-state index contributed by atoms with van der Waals surface area (Å²) in [5.74, 6) is -0.880. The number of likely N-dealkylation sites (tertiary alicyclic amines) is 1. The largest absolute Gasteiger partial charge is 0.502 e. The second-order valence-electron chi connectivity index (χ2n) is 5.77. The molecule has 1 amide bonds. The van der Waals surface area contributed by atoms with E-state index in [9.17, 15) is 25.1 Å². The lowest BCUT2D eigenvalue weighted by atomic mass is 9.96. The number of carbonyl (C=O) groups is 1. The van der Waals surface area contributed by atoms with Crippen LogP contribution >= 0.6 is 0 Å². The summed E-state index contributed by atoms with van der Waals surface area (Å²) in [6, 6.07) is 3.22. The van der Waals surface area contributed by atoms with Gasteiger partial charge in [0.1, 0.15) is 0 Å². The van der Waals surface area contributed by atoms with E-state index < -0.39 is 22.0 Å². The van der Waals surface area contributed by atoms with Crippen LogP contribution in [0.15, 0.2) is 18.2 Å². The normalized spacial score (nSPS) is 18.8. The summed E-state index contributed by atoms with van der Waals surface area (Å²) in [4.78, 5) is 24.0. The Kier molecular flexibility index (Phi) is 3.87. The van der Waals surface area contributed by atoms with Crippen molar-refractivity contribution in [2.45, 2.75) is 38.3 Å². The van der Waals surface area contributed by atoms with E-state index in [0.29, 0.717) is 13.0 Å². The van der Waals surface area contributed by atoms with Gasteiger partial charge in [-0.3, -0.25) is 14.9 Å². The number of phenols is 1. The van der Waals surface area contributed by atoms with Crippen molar-refractivity contribution in [1.29, 1.82) is 0 Å². The summed E-state index contributed by atoms with van der Waals surface area (Å²) in [6.07, 6.45) is 1.49. The standard InChI is InChI=1S/C14H18N2O5/c1-14(2,19)12-4-3-7-15(12)13(18)9-5-6-10(16(20)21)11(17)8-9/h5-6,8,12,17,19H,3-4,7H2,1-2H3/t12-/m1/s1. The van der Waals surface area contributed by atoms with E-state index in [0.717, 1.165) is 18.6 Å². The Labute approximate surface area is 122 Å². The van der Waals surface area contributed by atoms with Crippen molar-refractivity contribution < 1.29 is 19.9 Å². The van der Waals surface area contributed by atoms with Gasteiger partial charge < -0.3 is 15.1 Å². The van der Waals surface area contributed by atoms with Crippen LogP contribution in [0.4, 0.5) is 5.69 Å². The average molecular weight is 294 g/mol. The summed E-state index contributed by atoms with van der Waals surface area (Å²) in [5, 5.41) is 30.4. The van der Waals surface area contributed by atoms with E-state index in [1.807, 2.05) is 0 Å². The van der Waals surface area contributed by atoms with Crippen molar-refractivity contribution in [1.82, 2.24) is 4.90 Å². The minimum absolute atomic E-state index is 0.175. The van der Waals surface area contributed by atoms with Crippen LogP contribution in [-0.2, 0) is 0 Å². The van der Waals surface area contributed by atoms with Crippen LogP contribution in [0.3, 0.4) is 0 Å². The van der Waals surface area contributed by atoms with E-state index in [-0.39, 0.29) is 17.5 Å². The number of nitrogens with zero attached hydrogens (tertiary/aromatic N) is 2. The number of carbonyl (C=O) groups excluding carboxylic acids is 1. The number of rotatable bonds is 3. The molecule has 1 atom stereocenters. The summed E-state index contributed by atoms with van der Waals surface area (Å²) in [7, 11) is 0. The molecule has 0 aliphatic carbocycles. The van der Waals surface area contributed by atoms with Crippen LogP contribution in [0.5, 0.6) is 5.75 Å². The van der Waals surface area contributed by atoms with Crippen molar-refractivity contribution in [3.8, 4) is 5.75 Å². The Morgan fingerprint density at radius 1 is 1.48 bits per heavy atom. The van der Waals surface area contributed by atoms with Crippen LogP contribution in [0.2, 0.25) is 0 Å². The SMILES string of the molecule is CC(C)(O)[C@H]1CCCN1C(=O)c1ccc([N+](=O)[O-])c(O)c1. The lowest BCUT2D eigenvalue weighted by Gasteiger charge is -2.33. The molecule has 1 heterocycles. The predicted molar refractivity (Wildman–Crippen MR) is 75.1 cm³/mol. The van der Waals surface area contributed by atoms with Crippen molar-refractivity contribution in [3.05, 3.63) is 33.9 Å². The fourth-order valence-corrected chi connectivity index (χ4v) is 2.72. The third kappa shape index (κ3) is 2.97. The quantitative estimate of drug-likeness (QED) is 0.652. The Morgan fingerprint density at radius 2 is 2.14 bits per heavy atom. The van der Waals surface area contributed by atoms with Gasteiger partial charge in [-0.25, -0.2) is 0 Å². The molecule has 0 radical (unpaired) electrons. The molecule has 0 aromatic heterocycles. The molecular weight excluding hydrogens is 276 g/mol. The van der Waals surface area contributed by atoms with Crippen LogP contribution in [-0.4, -0.2) is 44.1 Å². The molecule has 2 N–H and O–H groups in total. The zero-order chi connectivity index (χ0) is 15.8. The number of aromatic hydroxyl groups is 1. The first-order valence-corrected chi connectivity index (χ1v) is 6.72. The molecule has 1 saturated heterocycles. The van der Waals surface area contributed by atoms with Gasteiger partial charge in [-0.15, -0.1) is 0 Å². The molecule has 1 aromatic carbocycles. The van der Waals surface area contributed by atoms with Crippen LogP contribution < -0.4 is 0 Å². The van der Waals surface area contributed by atoms with Gasteiger partial charge in [0.15, 0.2) is 5.75 Å². The van der Waals surface area contributed by atoms with Crippen molar-refractivity contribution >= 4 is 11.6 Å². The third-order valence-corrected chi connectivity index (χ3v) is 3.75. The number of amides is 1. The molecule has 1 aliphatic rings. The lowest BCUT2D eigenvalue weighted by molar-refractivity contribution is -0.385. The van der Waals surface area contributed by atoms with Crippen LogP contribution in [0, 0.1) is 10.1 Å². The maximum Gasteiger partial charge on any atom is 0.310 e. The molecule has 0 spiro atoms. The fraction of sp³-hybridized carbons (Fsp3) is 0.500. The van der Waals surface area contributed by atoms with Gasteiger partial charge >= 0.3 is 5.69 Å².